The number of para-hydroxylation sites is 1. The number of imide groups is 1. The second-order valence-corrected chi connectivity index (χ2v) is 15.8. The number of ether oxygens (including phenoxy) is 1. The van der Waals surface area contributed by atoms with Crippen molar-refractivity contribution >= 4 is 50.7 Å². The number of phenolic OH excluding ortho intramolecular Hbond substituents is 1. The first-order chi connectivity index (χ1) is 26.6. The Morgan fingerprint density at radius 1 is 1.00 bits per heavy atom. The fraction of sp³-hybridized carbons (Fsp3) is 0.256. The smallest absolute Gasteiger partial charge is 0.508 e. The third-order valence-corrected chi connectivity index (χ3v) is 12.8. The molecule has 2 amide bonds. The van der Waals surface area contributed by atoms with Crippen molar-refractivity contribution in [3.05, 3.63) is 122 Å². The molecule has 1 N–H and O–H groups in total. The number of hydrogen-bond donors (Lipinski definition) is 1. The first-order valence-electron chi connectivity index (χ1n) is 17.5. The number of aromatic hydroxyl groups is 1. The third-order valence-electron chi connectivity index (χ3n) is 11.3. The Morgan fingerprint density at radius 2 is 1.75 bits per heavy atom. The van der Waals surface area contributed by atoms with Gasteiger partial charge in [-0.3, -0.25) is 14.3 Å². The number of carbonyl (C=O) groups excluding carboxylic acids is 2. The lowest BCUT2D eigenvalue weighted by molar-refractivity contribution is -0.274. The van der Waals surface area contributed by atoms with Crippen molar-refractivity contribution in [2.45, 2.75) is 45.1 Å². The molecule has 5 heterocycles. The molecule has 0 bridgehead atoms. The zero-order chi connectivity index (χ0) is 39.6. The van der Waals surface area contributed by atoms with Crippen LogP contribution in [0.1, 0.15) is 36.4 Å². The van der Waals surface area contributed by atoms with Gasteiger partial charge in [0.05, 0.1) is 34.5 Å². The van der Waals surface area contributed by atoms with E-state index in [9.17, 15) is 32.7 Å². The van der Waals surface area contributed by atoms with Crippen LogP contribution in [0.2, 0.25) is 5.02 Å². The molecule has 6 aromatic rings. The molecule has 0 radical (unpaired) electrons. The molecule has 1 aliphatic carbocycles. The Bertz CT molecular complexity index is 2820. The molecule has 4 atom stereocenters. The topological polar surface area (TPSA) is 134 Å². The SMILES string of the molecule is Cc1c(-c2cc(N3C(=O)C4CC5C(=CCn6c(=O)n(-c7ccccc7)c(=O)n65)C(c5cc(OC(F)(F)F)ccc5O)C4(C)C3=O)n(C)n2)sc2ccc(Cl)cc12. The average molecular weight is 803 g/mol. The summed E-state index contributed by atoms with van der Waals surface area (Å²) in [5.41, 5.74) is -1.06. The molecule has 2 aliphatic heterocycles. The molecule has 12 nitrogen and oxygen atoms in total. The van der Waals surface area contributed by atoms with Gasteiger partial charge in [-0.05, 0) is 85.3 Å². The van der Waals surface area contributed by atoms with Crippen LogP contribution in [0.25, 0.3) is 26.3 Å². The number of thiophene rings is 1. The van der Waals surface area contributed by atoms with Crippen LogP contribution in [0.15, 0.2) is 94.0 Å². The van der Waals surface area contributed by atoms with Gasteiger partial charge in [-0.2, -0.15) is 5.10 Å². The number of carbonyl (C=O) groups is 2. The van der Waals surface area contributed by atoms with Gasteiger partial charge in [0.2, 0.25) is 11.8 Å². The Balaban J connectivity index is 1.21. The van der Waals surface area contributed by atoms with Gasteiger partial charge >= 0.3 is 17.7 Å². The predicted octanol–water partition coefficient (Wildman–Crippen LogP) is 6.85. The first kappa shape index (κ1) is 35.8. The van der Waals surface area contributed by atoms with Crippen LogP contribution in [0.4, 0.5) is 19.0 Å². The Kier molecular flexibility index (Phi) is 7.88. The van der Waals surface area contributed by atoms with Crippen molar-refractivity contribution in [1.82, 2.24) is 23.7 Å². The molecule has 9 rings (SSSR count). The number of alkyl halides is 3. The van der Waals surface area contributed by atoms with Gasteiger partial charge in [-0.25, -0.2) is 28.4 Å². The minimum absolute atomic E-state index is 0.113. The average Bonchev–Trinajstić information content (AvgIpc) is 3.82. The van der Waals surface area contributed by atoms with Crippen molar-refractivity contribution < 1.29 is 32.6 Å². The number of amides is 2. The number of phenols is 1. The monoisotopic (exact) mass is 802 g/mol. The van der Waals surface area contributed by atoms with E-state index in [4.69, 9.17) is 16.7 Å². The Morgan fingerprint density at radius 3 is 2.48 bits per heavy atom. The summed E-state index contributed by atoms with van der Waals surface area (Å²) < 4.78 is 50.6. The lowest BCUT2D eigenvalue weighted by Crippen LogP contribution is -2.49. The van der Waals surface area contributed by atoms with E-state index in [1.54, 1.807) is 62.5 Å². The summed E-state index contributed by atoms with van der Waals surface area (Å²) in [5, 5.41) is 17.5. The molecule has 1 saturated heterocycles. The number of nitrogens with zero attached hydrogens (tertiary/aromatic N) is 6. The maximum Gasteiger partial charge on any atom is 0.573 e. The number of aryl methyl sites for hydroxylation is 2. The highest BCUT2D eigenvalue weighted by Crippen LogP contribution is 2.62. The van der Waals surface area contributed by atoms with Gasteiger partial charge in [-0.15, -0.1) is 24.5 Å². The molecule has 3 aliphatic rings. The Hall–Kier alpha value is -5.87. The molecule has 4 unspecified atom stereocenters. The number of benzene rings is 3. The van der Waals surface area contributed by atoms with Crippen molar-refractivity contribution in [2.24, 2.45) is 18.4 Å². The van der Waals surface area contributed by atoms with Gasteiger partial charge in [0.15, 0.2) is 0 Å². The number of hydrogen-bond acceptors (Lipinski definition) is 8. The minimum Gasteiger partial charge on any atom is -0.508 e. The van der Waals surface area contributed by atoms with Crippen LogP contribution in [0.3, 0.4) is 0 Å². The number of allylic oxidation sites excluding steroid dienone is 2. The first-order valence-corrected chi connectivity index (χ1v) is 18.7. The van der Waals surface area contributed by atoms with E-state index in [2.05, 4.69) is 4.74 Å². The normalized spacial score (nSPS) is 21.9. The fourth-order valence-corrected chi connectivity index (χ4v) is 10.1. The minimum atomic E-state index is -5.07. The van der Waals surface area contributed by atoms with Crippen LogP contribution in [-0.2, 0) is 23.2 Å². The van der Waals surface area contributed by atoms with E-state index in [0.717, 1.165) is 48.2 Å². The summed E-state index contributed by atoms with van der Waals surface area (Å²) >= 11 is 7.75. The predicted molar refractivity (Wildman–Crippen MR) is 201 cm³/mol. The van der Waals surface area contributed by atoms with Gasteiger partial charge in [0.1, 0.15) is 23.0 Å². The molecule has 1 saturated carbocycles. The van der Waals surface area contributed by atoms with Gasteiger partial charge in [0.25, 0.3) is 0 Å². The second-order valence-electron chi connectivity index (χ2n) is 14.3. The maximum atomic E-state index is 15.1. The third kappa shape index (κ3) is 5.15. The molecular formula is C39H30ClF3N6O6S. The summed E-state index contributed by atoms with van der Waals surface area (Å²) in [6, 6.07) is 17.4. The molecule has 17 heteroatoms. The van der Waals surface area contributed by atoms with E-state index in [1.165, 1.54) is 25.4 Å². The number of fused-ring (bicyclic) bond motifs is 5. The maximum absolute atomic E-state index is 15.1. The van der Waals surface area contributed by atoms with Crippen molar-refractivity contribution in [3.63, 3.8) is 0 Å². The standard InChI is InChI=1S/C39H30ClF3N6O6S/c1-19-24-15-20(40)9-12-30(24)56-33(19)27-18-31(45(3)44-27)48-34(51)26-17-28-23(13-14-46-36(53)47(37(54)49(28)46)21-7-5-4-6-8-21)32(38(26,2)35(48)52)25-16-22(10-11-29(25)50)55-39(41,42)43/h4-13,15-16,18,26,28,32,50H,14,17H2,1-3H3. The molecule has 3 aromatic carbocycles. The number of anilines is 1. The Labute approximate surface area is 323 Å². The van der Waals surface area contributed by atoms with E-state index >= 15 is 4.79 Å². The van der Waals surface area contributed by atoms with Crippen LogP contribution < -0.4 is 21.0 Å². The van der Waals surface area contributed by atoms with Crippen molar-refractivity contribution in [1.29, 1.82) is 0 Å². The molecular weight excluding hydrogens is 773 g/mol. The van der Waals surface area contributed by atoms with E-state index in [-0.39, 0.29) is 24.3 Å². The summed E-state index contributed by atoms with van der Waals surface area (Å²) in [7, 11) is 1.59. The van der Waals surface area contributed by atoms with Gasteiger partial charge < -0.3 is 9.84 Å². The molecule has 56 heavy (non-hydrogen) atoms. The largest absolute Gasteiger partial charge is 0.573 e. The quantitative estimate of drug-likeness (QED) is 0.149. The van der Waals surface area contributed by atoms with Crippen molar-refractivity contribution in [3.8, 4) is 27.8 Å². The highest BCUT2D eigenvalue weighted by atomic mass is 35.5. The van der Waals surface area contributed by atoms with Gasteiger partial charge in [0, 0.05) is 34.3 Å². The highest BCUT2D eigenvalue weighted by Gasteiger charge is 2.66. The number of halogens is 4. The van der Waals surface area contributed by atoms with E-state index in [0.29, 0.717) is 22.0 Å². The van der Waals surface area contributed by atoms with Crippen LogP contribution in [0.5, 0.6) is 11.5 Å². The number of aromatic nitrogens is 5. The molecule has 2 fully saturated rings. The van der Waals surface area contributed by atoms with Gasteiger partial charge in [-0.1, -0.05) is 35.9 Å². The summed E-state index contributed by atoms with van der Waals surface area (Å²) in [4.78, 5) is 59.7. The molecule has 3 aromatic heterocycles. The zero-order valence-corrected chi connectivity index (χ0v) is 31.3. The van der Waals surface area contributed by atoms with Crippen LogP contribution >= 0.6 is 22.9 Å². The lowest BCUT2D eigenvalue weighted by Gasteiger charge is -2.47. The highest BCUT2D eigenvalue weighted by molar-refractivity contribution is 7.22. The summed E-state index contributed by atoms with van der Waals surface area (Å²) in [5.74, 6) is -4.68. The summed E-state index contributed by atoms with van der Waals surface area (Å²) in [6.07, 6.45) is -3.54. The van der Waals surface area contributed by atoms with Crippen molar-refractivity contribution in [2.75, 3.05) is 4.90 Å². The summed E-state index contributed by atoms with van der Waals surface area (Å²) in [6.45, 7) is 3.34. The number of rotatable bonds is 5. The fourth-order valence-electron chi connectivity index (χ4n) is 8.81. The second kappa shape index (κ2) is 12.3. The van der Waals surface area contributed by atoms with Crippen LogP contribution in [-0.4, -0.2) is 47.0 Å². The zero-order valence-electron chi connectivity index (χ0n) is 29.7. The van der Waals surface area contributed by atoms with E-state index < -0.39 is 64.3 Å². The lowest BCUT2D eigenvalue weighted by atomic mass is 9.56. The molecule has 286 valence electrons. The molecule has 0 spiro atoms. The van der Waals surface area contributed by atoms with Crippen LogP contribution in [0, 0.1) is 18.3 Å². The van der Waals surface area contributed by atoms with E-state index in [1.807, 2.05) is 19.1 Å².